The highest BCUT2D eigenvalue weighted by Gasteiger charge is 2.17. The summed E-state index contributed by atoms with van der Waals surface area (Å²) in [5.74, 6) is -0.271. The lowest BCUT2D eigenvalue weighted by molar-refractivity contribution is 0.0781. The van der Waals surface area contributed by atoms with Gasteiger partial charge in [-0.25, -0.2) is 4.39 Å². The molecule has 3 heteroatoms. The van der Waals surface area contributed by atoms with E-state index < -0.39 is 5.60 Å². The molecule has 0 heterocycles. The van der Waals surface area contributed by atoms with Gasteiger partial charge >= 0.3 is 0 Å². The maximum Gasteiger partial charge on any atom is 0.137 e. The van der Waals surface area contributed by atoms with Gasteiger partial charge in [0.05, 0.1) is 5.60 Å². The van der Waals surface area contributed by atoms with E-state index in [9.17, 15) is 9.50 Å². The first-order chi connectivity index (χ1) is 5.95. The molecule has 0 aliphatic heterocycles. The Labute approximate surface area is 82.0 Å². The van der Waals surface area contributed by atoms with Crippen LogP contribution in [-0.4, -0.2) is 11.4 Å². The molecule has 1 N–H and O–H groups in total. The fourth-order valence-electron chi connectivity index (χ4n) is 1.05. The molecule has 13 heavy (non-hydrogen) atoms. The van der Waals surface area contributed by atoms with Gasteiger partial charge in [-0.3, -0.25) is 0 Å². The van der Waals surface area contributed by atoms with Crippen molar-refractivity contribution in [2.75, 3.05) is 6.26 Å². The molecule has 0 aliphatic carbocycles. The normalized spacial score (nSPS) is 11.8. The second-order valence-corrected chi connectivity index (χ2v) is 4.26. The molecule has 0 atom stereocenters. The number of aliphatic hydroxyl groups is 1. The number of rotatable bonds is 2. The van der Waals surface area contributed by atoms with Crippen molar-refractivity contribution in [1.29, 1.82) is 0 Å². The third-order valence-electron chi connectivity index (χ3n) is 1.86. The Morgan fingerprint density at radius 1 is 1.38 bits per heavy atom. The molecule has 0 radical (unpaired) electrons. The van der Waals surface area contributed by atoms with Crippen LogP contribution in [0.5, 0.6) is 0 Å². The molecule has 0 bridgehead atoms. The summed E-state index contributed by atoms with van der Waals surface area (Å²) < 4.78 is 13.2. The van der Waals surface area contributed by atoms with Crippen LogP contribution in [0.2, 0.25) is 0 Å². The van der Waals surface area contributed by atoms with Crippen LogP contribution in [0, 0.1) is 5.82 Å². The molecule has 0 saturated carbocycles. The van der Waals surface area contributed by atoms with Crippen molar-refractivity contribution < 1.29 is 9.50 Å². The Morgan fingerprint density at radius 3 is 2.38 bits per heavy atom. The molecular weight excluding hydrogens is 187 g/mol. The lowest BCUT2D eigenvalue weighted by atomic mass is 9.99. The van der Waals surface area contributed by atoms with Crippen molar-refractivity contribution in [3.8, 4) is 0 Å². The summed E-state index contributed by atoms with van der Waals surface area (Å²) in [5, 5.41) is 9.60. The van der Waals surface area contributed by atoms with Gasteiger partial charge in [-0.2, -0.15) is 0 Å². The molecular formula is C10H13FOS. The second kappa shape index (κ2) is 3.68. The summed E-state index contributed by atoms with van der Waals surface area (Å²) in [6, 6.07) is 4.81. The minimum absolute atomic E-state index is 0.271. The minimum Gasteiger partial charge on any atom is -0.386 e. The van der Waals surface area contributed by atoms with Crippen LogP contribution in [0.3, 0.4) is 0 Å². The zero-order valence-electron chi connectivity index (χ0n) is 7.97. The number of benzene rings is 1. The van der Waals surface area contributed by atoms with Crippen molar-refractivity contribution in [3.05, 3.63) is 29.6 Å². The van der Waals surface area contributed by atoms with Gasteiger partial charge in [0.15, 0.2) is 0 Å². The molecule has 1 aromatic carbocycles. The first kappa shape index (κ1) is 10.5. The molecule has 1 rings (SSSR count). The lowest BCUT2D eigenvalue weighted by Gasteiger charge is -2.18. The zero-order chi connectivity index (χ0) is 10.1. The van der Waals surface area contributed by atoms with Crippen LogP contribution in [-0.2, 0) is 5.60 Å². The number of halogens is 1. The number of thioether (sulfide) groups is 1. The van der Waals surface area contributed by atoms with E-state index in [2.05, 4.69) is 0 Å². The summed E-state index contributed by atoms with van der Waals surface area (Å²) >= 11 is 1.36. The van der Waals surface area contributed by atoms with E-state index in [1.165, 1.54) is 17.8 Å². The highest BCUT2D eigenvalue weighted by molar-refractivity contribution is 7.98. The van der Waals surface area contributed by atoms with Crippen LogP contribution >= 0.6 is 11.8 Å². The van der Waals surface area contributed by atoms with Gasteiger partial charge in [-0.15, -0.1) is 11.8 Å². The SMILES string of the molecule is CSc1ccc(C(C)(C)O)cc1F. The molecule has 1 aromatic rings. The molecule has 1 nitrogen and oxygen atoms in total. The average Bonchev–Trinajstić information content (AvgIpc) is 2.02. The average molecular weight is 200 g/mol. The van der Waals surface area contributed by atoms with Gasteiger partial charge in [0.2, 0.25) is 0 Å². The highest BCUT2D eigenvalue weighted by Crippen LogP contribution is 2.25. The van der Waals surface area contributed by atoms with Gasteiger partial charge in [-0.05, 0) is 37.8 Å². The van der Waals surface area contributed by atoms with E-state index in [4.69, 9.17) is 0 Å². The fourth-order valence-corrected chi connectivity index (χ4v) is 1.50. The number of hydrogen-bond donors (Lipinski definition) is 1. The molecule has 0 saturated heterocycles. The molecule has 0 aromatic heterocycles. The Hall–Kier alpha value is -0.540. The standard InChI is InChI=1S/C10H13FOS/c1-10(2,12)7-4-5-9(13-3)8(11)6-7/h4-6,12H,1-3H3. The predicted molar refractivity (Wildman–Crippen MR) is 53.4 cm³/mol. The zero-order valence-corrected chi connectivity index (χ0v) is 8.78. The van der Waals surface area contributed by atoms with Crippen molar-refractivity contribution in [2.24, 2.45) is 0 Å². The summed E-state index contributed by atoms with van der Waals surface area (Å²) in [6.07, 6.45) is 1.82. The van der Waals surface area contributed by atoms with Crippen LogP contribution in [0.4, 0.5) is 4.39 Å². The quantitative estimate of drug-likeness (QED) is 0.741. The van der Waals surface area contributed by atoms with Gasteiger partial charge in [0, 0.05) is 4.90 Å². The maximum atomic E-state index is 13.2. The van der Waals surface area contributed by atoms with Crippen molar-refractivity contribution in [3.63, 3.8) is 0 Å². The van der Waals surface area contributed by atoms with Crippen LogP contribution in [0.25, 0.3) is 0 Å². The monoisotopic (exact) mass is 200 g/mol. The van der Waals surface area contributed by atoms with E-state index in [0.29, 0.717) is 10.5 Å². The summed E-state index contributed by atoms with van der Waals surface area (Å²) in [7, 11) is 0. The predicted octanol–water partition coefficient (Wildman–Crippen LogP) is 2.78. The van der Waals surface area contributed by atoms with Gasteiger partial charge in [-0.1, -0.05) is 6.07 Å². The topological polar surface area (TPSA) is 20.2 Å². The van der Waals surface area contributed by atoms with E-state index in [1.54, 1.807) is 26.0 Å². The first-order valence-electron chi connectivity index (χ1n) is 4.01. The van der Waals surface area contributed by atoms with Crippen LogP contribution in [0.1, 0.15) is 19.4 Å². The Morgan fingerprint density at radius 2 is 2.00 bits per heavy atom. The van der Waals surface area contributed by atoms with Crippen molar-refractivity contribution >= 4 is 11.8 Å². The molecule has 0 amide bonds. The van der Waals surface area contributed by atoms with E-state index in [1.807, 2.05) is 6.26 Å². The van der Waals surface area contributed by atoms with E-state index in [0.717, 1.165) is 0 Å². The summed E-state index contributed by atoms with van der Waals surface area (Å²) in [4.78, 5) is 0.605. The Bertz CT molecular complexity index is 304. The minimum atomic E-state index is -0.974. The second-order valence-electron chi connectivity index (χ2n) is 3.41. The highest BCUT2D eigenvalue weighted by atomic mass is 32.2. The van der Waals surface area contributed by atoms with E-state index >= 15 is 0 Å². The number of hydrogen-bond acceptors (Lipinski definition) is 2. The van der Waals surface area contributed by atoms with Crippen LogP contribution < -0.4 is 0 Å². The van der Waals surface area contributed by atoms with Crippen molar-refractivity contribution in [1.82, 2.24) is 0 Å². The molecule has 0 fully saturated rings. The fraction of sp³-hybridized carbons (Fsp3) is 0.400. The summed E-state index contributed by atoms with van der Waals surface area (Å²) in [6.45, 7) is 3.28. The lowest BCUT2D eigenvalue weighted by Crippen LogP contribution is -2.15. The van der Waals surface area contributed by atoms with Gasteiger partial charge < -0.3 is 5.11 Å². The Balaban J connectivity index is 3.10. The molecule has 72 valence electrons. The largest absolute Gasteiger partial charge is 0.386 e. The third kappa shape index (κ3) is 2.45. The van der Waals surface area contributed by atoms with Gasteiger partial charge in [0.1, 0.15) is 5.82 Å². The molecule has 0 spiro atoms. The first-order valence-corrected chi connectivity index (χ1v) is 5.24. The smallest absolute Gasteiger partial charge is 0.137 e. The van der Waals surface area contributed by atoms with Crippen molar-refractivity contribution in [2.45, 2.75) is 24.3 Å². The summed E-state index contributed by atoms with van der Waals surface area (Å²) in [5.41, 5.74) is -0.375. The molecule has 0 aliphatic rings. The van der Waals surface area contributed by atoms with Gasteiger partial charge in [0.25, 0.3) is 0 Å². The van der Waals surface area contributed by atoms with E-state index in [-0.39, 0.29) is 5.82 Å². The molecule has 0 unspecified atom stereocenters. The maximum absolute atomic E-state index is 13.2. The Kier molecular flexibility index (Phi) is 2.98. The third-order valence-corrected chi connectivity index (χ3v) is 2.63. The van der Waals surface area contributed by atoms with Crippen LogP contribution in [0.15, 0.2) is 23.1 Å².